The number of hydrogen-bond acceptors (Lipinski definition) is 5. The van der Waals surface area contributed by atoms with E-state index >= 15 is 0 Å². The van der Waals surface area contributed by atoms with Gasteiger partial charge in [-0.15, -0.1) is 0 Å². The van der Waals surface area contributed by atoms with Gasteiger partial charge in [-0.05, 0) is 13.3 Å². The first-order valence-electron chi connectivity index (χ1n) is 5.97. The van der Waals surface area contributed by atoms with E-state index in [1.54, 1.807) is 0 Å². The van der Waals surface area contributed by atoms with Crippen LogP contribution >= 0.6 is 0 Å². The molecule has 0 bridgehead atoms. The van der Waals surface area contributed by atoms with Crippen molar-refractivity contribution in [2.75, 3.05) is 14.2 Å². The van der Waals surface area contributed by atoms with Crippen LogP contribution < -0.4 is 10.7 Å². The summed E-state index contributed by atoms with van der Waals surface area (Å²) in [6.45, 7) is 1.92. The minimum absolute atomic E-state index is 0.229. The van der Waals surface area contributed by atoms with E-state index in [0.29, 0.717) is 12.8 Å². The van der Waals surface area contributed by atoms with Crippen LogP contribution in [0.25, 0.3) is 0 Å². The molecule has 100 valence electrons. The van der Waals surface area contributed by atoms with Gasteiger partial charge >= 0.3 is 5.91 Å². The van der Waals surface area contributed by atoms with Gasteiger partial charge in [-0.1, -0.05) is 11.6 Å². The summed E-state index contributed by atoms with van der Waals surface area (Å²) in [6.07, 6.45) is 2.68. The maximum Gasteiger partial charge on any atom is 0.342 e. The average Bonchev–Trinajstić information content (AvgIpc) is 2.65. The number of nitrogens with one attached hydrogen (secondary N) is 1. The van der Waals surface area contributed by atoms with Gasteiger partial charge in [0.05, 0.1) is 12.1 Å². The van der Waals surface area contributed by atoms with Crippen LogP contribution in [-0.4, -0.2) is 26.0 Å². The molecular weight excluding hydrogens is 244 g/mol. The van der Waals surface area contributed by atoms with E-state index in [2.05, 4.69) is 17.1 Å². The second-order valence-electron chi connectivity index (χ2n) is 5.03. The first-order valence-corrected chi connectivity index (χ1v) is 5.97. The van der Waals surface area contributed by atoms with Crippen LogP contribution in [0, 0.1) is 33.5 Å². The molecule has 1 aliphatic carbocycles. The minimum atomic E-state index is -1.40. The van der Waals surface area contributed by atoms with Crippen LogP contribution in [0.4, 0.5) is 0 Å². The van der Waals surface area contributed by atoms with E-state index in [9.17, 15) is 10.5 Å². The van der Waals surface area contributed by atoms with Crippen LogP contribution in [0.3, 0.4) is 0 Å². The van der Waals surface area contributed by atoms with Crippen LogP contribution in [0.1, 0.15) is 19.8 Å². The summed E-state index contributed by atoms with van der Waals surface area (Å²) >= 11 is 0. The standard InChI is InChI=1S/C13H16N4O2/c1-9-4-5-12(8-15)11(6-9,7-14)10(16)17-13(12,18-2)19-3/h4H,5-6H2,1-3H3,(H2,16,17)/p+1/t11-,12+/m0/s1. The van der Waals surface area contributed by atoms with Crippen molar-refractivity contribution < 1.29 is 14.5 Å². The number of methoxy groups -OCH3 is 2. The molecule has 0 amide bonds. The third-order valence-electron chi connectivity index (χ3n) is 4.31. The molecule has 6 heteroatoms. The van der Waals surface area contributed by atoms with E-state index in [-0.39, 0.29) is 5.84 Å². The Morgan fingerprint density at radius 3 is 2.42 bits per heavy atom. The highest BCUT2D eigenvalue weighted by Gasteiger charge is 2.77. The van der Waals surface area contributed by atoms with Crippen LogP contribution in [-0.2, 0) is 9.47 Å². The monoisotopic (exact) mass is 261 g/mol. The smallest absolute Gasteiger partial charge is 0.317 e. The highest BCUT2D eigenvalue weighted by Crippen LogP contribution is 2.56. The molecule has 2 rings (SSSR count). The summed E-state index contributed by atoms with van der Waals surface area (Å²) in [5, 5.41) is 19.4. The van der Waals surface area contributed by atoms with Crippen molar-refractivity contribution in [3.05, 3.63) is 11.6 Å². The Balaban J connectivity index is 2.77. The topological polar surface area (TPSA) is 106 Å². The number of nitrogens with two attached hydrogens (primary N) is 1. The van der Waals surface area contributed by atoms with Crippen molar-refractivity contribution in [1.82, 2.24) is 0 Å². The van der Waals surface area contributed by atoms with E-state index in [0.717, 1.165) is 5.57 Å². The highest BCUT2D eigenvalue weighted by molar-refractivity contribution is 5.88. The van der Waals surface area contributed by atoms with E-state index < -0.39 is 16.7 Å². The fourth-order valence-corrected chi connectivity index (χ4v) is 3.22. The van der Waals surface area contributed by atoms with Crippen LogP contribution in [0.5, 0.6) is 0 Å². The van der Waals surface area contributed by atoms with E-state index in [1.807, 2.05) is 13.0 Å². The van der Waals surface area contributed by atoms with Gasteiger partial charge in [0.2, 0.25) is 0 Å². The predicted molar refractivity (Wildman–Crippen MR) is 66.0 cm³/mol. The highest BCUT2D eigenvalue weighted by atomic mass is 16.7. The van der Waals surface area contributed by atoms with Crippen molar-refractivity contribution in [2.45, 2.75) is 25.7 Å². The SMILES string of the molecule is COC1(OC)[NH+]=C(N)[C@@]2(C#N)CC(C)=CC[C@]12C#N. The van der Waals surface area contributed by atoms with E-state index in [1.165, 1.54) is 14.2 Å². The van der Waals surface area contributed by atoms with Gasteiger partial charge in [-0.25, -0.2) is 4.99 Å². The molecule has 2 aliphatic rings. The van der Waals surface area contributed by atoms with Crippen LogP contribution in [0.15, 0.2) is 11.6 Å². The molecule has 0 unspecified atom stereocenters. The van der Waals surface area contributed by atoms with Crippen molar-refractivity contribution in [3.8, 4) is 12.1 Å². The number of nitrogens with zero attached hydrogens (tertiary/aromatic N) is 2. The van der Waals surface area contributed by atoms with Gasteiger partial charge in [-0.2, -0.15) is 10.5 Å². The number of allylic oxidation sites excluding steroid dienone is 2. The number of rotatable bonds is 2. The second-order valence-corrected chi connectivity index (χ2v) is 5.03. The van der Waals surface area contributed by atoms with Crippen molar-refractivity contribution in [3.63, 3.8) is 0 Å². The zero-order chi connectivity index (χ0) is 14.3. The maximum absolute atomic E-state index is 9.75. The average molecular weight is 261 g/mol. The molecule has 3 N–H and O–H groups in total. The molecule has 1 aliphatic heterocycles. The zero-order valence-corrected chi connectivity index (χ0v) is 11.3. The number of ether oxygens (including phenoxy) is 2. The van der Waals surface area contributed by atoms with Crippen molar-refractivity contribution in [1.29, 1.82) is 10.5 Å². The molecule has 1 heterocycles. The number of fused-ring (bicyclic) bond motifs is 1. The normalized spacial score (nSPS) is 35.6. The van der Waals surface area contributed by atoms with Crippen molar-refractivity contribution in [2.24, 2.45) is 16.6 Å². The van der Waals surface area contributed by atoms with Gasteiger partial charge in [0.15, 0.2) is 10.8 Å². The van der Waals surface area contributed by atoms with E-state index in [4.69, 9.17) is 15.2 Å². The lowest BCUT2D eigenvalue weighted by Gasteiger charge is -2.42. The Labute approximate surface area is 112 Å². The third kappa shape index (κ3) is 1.28. The van der Waals surface area contributed by atoms with Gasteiger partial charge in [0.1, 0.15) is 0 Å². The summed E-state index contributed by atoms with van der Waals surface area (Å²) in [4.78, 5) is 2.88. The fourth-order valence-electron chi connectivity index (χ4n) is 3.22. The molecule has 6 nitrogen and oxygen atoms in total. The Morgan fingerprint density at radius 1 is 1.32 bits per heavy atom. The lowest BCUT2D eigenvalue weighted by molar-refractivity contribution is -0.690. The molecule has 0 spiro atoms. The predicted octanol–water partition coefficient (Wildman–Crippen LogP) is -0.856. The quantitative estimate of drug-likeness (QED) is 0.497. The number of hydrogen-bond donors (Lipinski definition) is 2. The van der Waals surface area contributed by atoms with Gasteiger partial charge < -0.3 is 9.47 Å². The number of amidine groups is 1. The van der Waals surface area contributed by atoms with Crippen LogP contribution in [0.2, 0.25) is 0 Å². The molecule has 0 saturated carbocycles. The zero-order valence-electron chi connectivity index (χ0n) is 11.3. The molecule has 0 radical (unpaired) electrons. The molecule has 0 aromatic heterocycles. The van der Waals surface area contributed by atoms with Gasteiger partial charge in [0.25, 0.3) is 5.84 Å². The minimum Gasteiger partial charge on any atom is -0.317 e. The molecule has 2 atom stereocenters. The second kappa shape index (κ2) is 4.06. The van der Waals surface area contributed by atoms with Crippen molar-refractivity contribution >= 4 is 5.84 Å². The fraction of sp³-hybridized carbons (Fsp3) is 0.615. The third-order valence-corrected chi connectivity index (χ3v) is 4.31. The number of nitriles is 2. The molecule has 0 saturated heterocycles. The Hall–Kier alpha value is -1.89. The van der Waals surface area contributed by atoms with Gasteiger partial charge in [-0.3, -0.25) is 5.73 Å². The lowest BCUT2D eigenvalue weighted by Crippen LogP contribution is -2.90. The van der Waals surface area contributed by atoms with Gasteiger partial charge in [0, 0.05) is 20.6 Å². The molecule has 0 aromatic carbocycles. The summed E-state index contributed by atoms with van der Waals surface area (Å²) in [6, 6.07) is 4.46. The molecule has 19 heavy (non-hydrogen) atoms. The molecular formula is C13H17N4O2+. The Kier molecular flexibility index (Phi) is 2.89. The Morgan fingerprint density at radius 2 is 1.95 bits per heavy atom. The molecule has 0 fully saturated rings. The maximum atomic E-state index is 9.75. The lowest BCUT2D eigenvalue weighted by atomic mass is 9.57. The summed E-state index contributed by atoms with van der Waals surface area (Å²) in [7, 11) is 2.86. The summed E-state index contributed by atoms with van der Waals surface area (Å²) in [5.74, 6) is -1.17. The first-order chi connectivity index (χ1) is 8.97. The largest absolute Gasteiger partial charge is 0.342 e. The molecule has 0 aromatic rings. The summed E-state index contributed by atoms with van der Waals surface area (Å²) in [5.41, 5.74) is 4.70. The summed E-state index contributed by atoms with van der Waals surface area (Å²) < 4.78 is 10.8. The Bertz CT molecular complexity index is 550. The first kappa shape index (κ1) is 13.5.